The zero-order chi connectivity index (χ0) is 14.5. The summed E-state index contributed by atoms with van der Waals surface area (Å²) in [5.74, 6) is -1.10. The van der Waals surface area contributed by atoms with Crippen LogP contribution in [0.5, 0.6) is 5.75 Å². The lowest BCUT2D eigenvalue weighted by molar-refractivity contribution is 0.251. The summed E-state index contributed by atoms with van der Waals surface area (Å²) in [6.45, 7) is 0.403. The number of benzene rings is 1. The van der Waals surface area contributed by atoms with Gasteiger partial charge in [0.2, 0.25) is 0 Å². The minimum atomic E-state index is -2.40. The van der Waals surface area contributed by atoms with E-state index in [1.165, 1.54) is 6.07 Å². The highest BCUT2D eigenvalue weighted by molar-refractivity contribution is 7.98. The first-order valence-corrected chi connectivity index (χ1v) is 7.17. The molecule has 3 nitrogen and oxygen atoms in total. The van der Waals surface area contributed by atoms with Gasteiger partial charge >= 0.3 is 0 Å². The maximum atomic E-state index is 12.0. The first-order chi connectivity index (χ1) is 9.54. The molecule has 0 saturated carbocycles. The summed E-state index contributed by atoms with van der Waals surface area (Å²) in [5.41, 5.74) is 0.729. The number of phenols is 1. The third kappa shape index (κ3) is 4.31. The van der Waals surface area contributed by atoms with Crippen molar-refractivity contribution < 1.29 is 18.3 Å². The van der Waals surface area contributed by atoms with E-state index in [2.05, 4.69) is 5.32 Å². The van der Waals surface area contributed by atoms with Gasteiger partial charge in [0.05, 0.1) is 17.3 Å². The van der Waals surface area contributed by atoms with Gasteiger partial charge in [0, 0.05) is 5.69 Å². The molecule has 7 heteroatoms. The van der Waals surface area contributed by atoms with E-state index in [1.807, 2.05) is 0 Å². The minimum Gasteiger partial charge on any atom is -0.506 e. The SMILES string of the molecule is Oc1ccc(NCc2ccc(CSC(F)F)o2)cc1Cl. The van der Waals surface area contributed by atoms with Gasteiger partial charge in [-0.2, -0.15) is 8.78 Å². The molecule has 0 atom stereocenters. The molecule has 0 radical (unpaired) electrons. The Balaban J connectivity index is 1.89. The number of furan rings is 1. The summed E-state index contributed by atoms with van der Waals surface area (Å²) in [7, 11) is 0. The number of hydrogen-bond donors (Lipinski definition) is 2. The Morgan fingerprint density at radius 2 is 2.00 bits per heavy atom. The van der Waals surface area contributed by atoms with E-state index in [4.69, 9.17) is 16.0 Å². The van der Waals surface area contributed by atoms with Crippen molar-refractivity contribution in [2.45, 2.75) is 18.1 Å². The molecule has 0 saturated heterocycles. The molecule has 20 heavy (non-hydrogen) atoms. The van der Waals surface area contributed by atoms with Crippen molar-refractivity contribution in [3.63, 3.8) is 0 Å². The average molecular weight is 320 g/mol. The molecule has 1 aromatic carbocycles. The Hall–Kier alpha value is -1.40. The van der Waals surface area contributed by atoms with Gasteiger partial charge in [-0.05, 0) is 30.3 Å². The van der Waals surface area contributed by atoms with Gasteiger partial charge in [-0.3, -0.25) is 0 Å². The fourth-order valence-electron chi connectivity index (χ4n) is 1.55. The highest BCUT2D eigenvalue weighted by Crippen LogP contribution is 2.26. The van der Waals surface area contributed by atoms with E-state index < -0.39 is 5.76 Å². The molecular formula is C13H12ClF2NO2S. The molecule has 0 amide bonds. The quantitative estimate of drug-likeness (QED) is 0.757. The fourth-order valence-corrected chi connectivity index (χ4v) is 2.17. The molecule has 0 aliphatic carbocycles. The largest absolute Gasteiger partial charge is 0.506 e. The van der Waals surface area contributed by atoms with Gasteiger partial charge in [-0.1, -0.05) is 23.4 Å². The third-order valence-electron chi connectivity index (χ3n) is 2.48. The Labute approximate surface area is 123 Å². The van der Waals surface area contributed by atoms with E-state index >= 15 is 0 Å². The summed E-state index contributed by atoms with van der Waals surface area (Å²) in [6.07, 6.45) is 0. The first-order valence-electron chi connectivity index (χ1n) is 5.74. The number of thioether (sulfide) groups is 1. The topological polar surface area (TPSA) is 45.4 Å². The first kappa shape index (κ1) is 15.0. The predicted octanol–water partition coefficient (Wildman–Crippen LogP) is 4.71. The Morgan fingerprint density at radius 1 is 1.25 bits per heavy atom. The smallest absolute Gasteiger partial charge is 0.284 e. The molecule has 0 unspecified atom stereocenters. The lowest BCUT2D eigenvalue weighted by Gasteiger charge is -2.05. The number of hydrogen-bond acceptors (Lipinski definition) is 4. The number of anilines is 1. The molecule has 0 bridgehead atoms. The molecule has 0 aliphatic heterocycles. The molecule has 2 rings (SSSR count). The number of aromatic hydroxyl groups is 1. The van der Waals surface area contributed by atoms with Gasteiger partial charge in [0.25, 0.3) is 5.76 Å². The lowest BCUT2D eigenvalue weighted by atomic mass is 10.3. The summed E-state index contributed by atoms with van der Waals surface area (Å²) < 4.78 is 29.5. The van der Waals surface area contributed by atoms with Crippen LogP contribution >= 0.6 is 23.4 Å². The molecular weight excluding hydrogens is 308 g/mol. The molecule has 2 aromatic rings. The minimum absolute atomic E-state index is 0.0153. The van der Waals surface area contributed by atoms with Crippen molar-refractivity contribution in [2.24, 2.45) is 0 Å². The van der Waals surface area contributed by atoms with Crippen molar-refractivity contribution in [1.82, 2.24) is 0 Å². The highest BCUT2D eigenvalue weighted by Gasteiger charge is 2.07. The van der Waals surface area contributed by atoms with Crippen LogP contribution in [0.2, 0.25) is 5.02 Å². The van der Waals surface area contributed by atoms with Crippen LogP contribution in [0.4, 0.5) is 14.5 Å². The number of phenolic OH excluding ortho intramolecular Hbond substituents is 1. The van der Waals surface area contributed by atoms with Crippen molar-refractivity contribution >= 4 is 29.1 Å². The van der Waals surface area contributed by atoms with E-state index in [0.717, 1.165) is 5.69 Å². The van der Waals surface area contributed by atoms with Crippen LogP contribution in [-0.2, 0) is 12.3 Å². The number of halogens is 3. The maximum Gasteiger partial charge on any atom is 0.284 e. The highest BCUT2D eigenvalue weighted by atomic mass is 35.5. The van der Waals surface area contributed by atoms with Crippen LogP contribution in [0.1, 0.15) is 11.5 Å². The number of rotatable bonds is 6. The molecule has 1 heterocycles. The molecule has 0 spiro atoms. The Bertz CT molecular complexity index is 577. The van der Waals surface area contributed by atoms with Crippen molar-refractivity contribution in [3.8, 4) is 5.75 Å². The Kier molecular flexibility index (Phi) is 5.14. The van der Waals surface area contributed by atoms with Crippen LogP contribution in [-0.4, -0.2) is 10.9 Å². The second kappa shape index (κ2) is 6.85. The van der Waals surface area contributed by atoms with Gasteiger partial charge in [-0.25, -0.2) is 0 Å². The van der Waals surface area contributed by atoms with Crippen molar-refractivity contribution in [1.29, 1.82) is 0 Å². The van der Waals surface area contributed by atoms with Gasteiger partial charge in [-0.15, -0.1) is 0 Å². The standard InChI is InChI=1S/C13H12ClF2NO2S/c14-11-5-8(1-4-12(11)18)17-6-9-2-3-10(19-9)7-20-13(15)16/h1-5,13,17-18H,6-7H2. The number of alkyl halides is 2. The zero-order valence-electron chi connectivity index (χ0n) is 10.3. The maximum absolute atomic E-state index is 12.0. The normalized spacial score (nSPS) is 11.0. The molecule has 0 fully saturated rings. The monoisotopic (exact) mass is 319 g/mol. The second-order valence-corrected chi connectivity index (χ2v) is 5.34. The summed E-state index contributed by atoms with van der Waals surface area (Å²) in [4.78, 5) is 0. The predicted molar refractivity (Wildman–Crippen MR) is 76.5 cm³/mol. The Morgan fingerprint density at radius 3 is 2.70 bits per heavy atom. The van der Waals surface area contributed by atoms with Gasteiger partial charge in [0.1, 0.15) is 17.3 Å². The van der Waals surface area contributed by atoms with Crippen LogP contribution < -0.4 is 5.32 Å². The zero-order valence-corrected chi connectivity index (χ0v) is 11.8. The lowest BCUT2D eigenvalue weighted by Crippen LogP contribution is -1.97. The van der Waals surface area contributed by atoms with Gasteiger partial charge in [0.15, 0.2) is 0 Å². The van der Waals surface area contributed by atoms with E-state index in [0.29, 0.717) is 29.8 Å². The van der Waals surface area contributed by atoms with Gasteiger partial charge < -0.3 is 14.8 Å². The van der Waals surface area contributed by atoms with Crippen LogP contribution in [0.25, 0.3) is 0 Å². The average Bonchev–Trinajstić information content (AvgIpc) is 2.86. The van der Waals surface area contributed by atoms with Crippen LogP contribution in [0, 0.1) is 0 Å². The third-order valence-corrected chi connectivity index (χ3v) is 3.49. The fraction of sp³-hybridized carbons (Fsp3) is 0.231. The molecule has 1 aromatic heterocycles. The molecule has 2 N–H and O–H groups in total. The number of nitrogens with one attached hydrogen (secondary N) is 1. The van der Waals surface area contributed by atoms with Crippen LogP contribution in [0.15, 0.2) is 34.7 Å². The molecule has 0 aliphatic rings. The van der Waals surface area contributed by atoms with Crippen molar-refractivity contribution in [3.05, 3.63) is 46.9 Å². The summed E-state index contributed by atoms with van der Waals surface area (Å²) >= 11 is 6.31. The second-order valence-electron chi connectivity index (χ2n) is 3.96. The van der Waals surface area contributed by atoms with E-state index in [-0.39, 0.29) is 16.5 Å². The van der Waals surface area contributed by atoms with Crippen molar-refractivity contribution in [2.75, 3.05) is 5.32 Å². The summed E-state index contributed by atoms with van der Waals surface area (Å²) in [6, 6.07) is 8.16. The van der Waals surface area contributed by atoms with Crippen LogP contribution in [0.3, 0.4) is 0 Å². The van der Waals surface area contributed by atoms with E-state index in [9.17, 15) is 13.9 Å². The molecule has 108 valence electrons. The van der Waals surface area contributed by atoms with E-state index in [1.54, 1.807) is 24.3 Å². The summed E-state index contributed by atoms with van der Waals surface area (Å²) in [5, 5.41) is 12.6.